The predicted octanol–water partition coefficient (Wildman–Crippen LogP) is 8.91. The number of aromatic carboxylic acids is 1. The van der Waals surface area contributed by atoms with Gasteiger partial charge in [-0.3, -0.25) is 0 Å². The van der Waals surface area contributed by atoms with Crippen molar-refractivity contribution in [3.05, 3.63) is 75.5 Å². The molecule has 5 aromatic rings. The van der Waals surface area contributed by atoms with Gasteiger partial charge in [-0.05, 0) is 62.6 Å². The fourth-order valence-electron chi connectivity index (χ4n) is 6.66. The Bertz CT molecular complexity index is 1830. The van der Waals surface area contributed by atoms with Crippen molar-refractivity contribution in [2.24, 2.45) is 0 Å². The highest BCUT2D eigenvalue weighted by Crippen LogP contribution is 2.46. The number of anilines is 1. The molecular weight excluding hydrogens is 603 g/mol. The van der Waals surface area contributed by atoms with E-state index in [4.69, 9.17) is 32.7 Å². The highest BCUT2D eigenvalue weighted by atomic mass is 35.5. The minimum absolute atomic E-state index is 0.241. The molecule has 3 unspecified atom stereocenters. The van der Waals surface area contributed by atoms with Crippen LogP contribution >= 0.6 is 34.5 Å². The Labute approximate surface area is 263 Å². The van der Waals surface area contributed by atoms with Crippen LogP contribution in [0.1, 0.15) is 73.6 Å². The first-order valence-electron chi connectivity index (χ1n) is 14.8. The maximum absolute atomic E-state index is 12.0. The highest BCUT2D eigenvalue weighted by molar-refractivity contribution is 7.22. The zero-order valence-electron chi connectivity index (χ0n) is 23.9. The second kappa shape index (κ2) is 11.4. The summed E-state index contributed by atoms with van der Waals surface area (Å²) in [6, 6.07) is 15.8. The number of carboxylic acids is 1. The van der Waals surface area contributed by atoms with Gasteiger partial charge in [0.1, 0.15) is 11.5 Å². The van der Waals surface area contributed by atoms with Crippen molar-refractivity contribution in [3.63, 3.8) is 0 Å². The number of halogens is 2. The highest BCUT2D eigenvalue weighted by Gasteiger charge is 2.36. The largest absolute Gasteiger partial charge is 0.478 e. The Morgan fingerprint density at radius 1 is 1.12 bits per heavy atom. The van der Waals surface area contributed by atoms with Crippen molar-refractivity contribution < 1.29 is 14.4 Å². The monoisotopic (exact) mass is 634 g/mol. The van der Waals surface area contributed by atoms with Gasteiger partial charge >= 0.3 is 5.97 Å². The number of fused-ring (bicyclic) bond motifs is 3. The third-order valence-corrected chi connectivity index (χ3v) is 10.5. The van der Waals surface area contributed by atoms with E-state index < -0.39 is 5.97 Å². The van der Waals surface area contributed by atoms with Crippen LogP contribution in [0, 0.1) is 0 Å². The number of nitrogens with one attached hydrogen (secondary N) is 1. The zero-order valence-corrected chi connectivity index (χ0v) is 26.3. The van der Waals surface area contributed by atoms with Gasteiger partial charge in [0.2, 0.25) is 0 Å². The number of thiazole rings is 1. The molecule has 2 fully saturated rings. The molecule has 2 aliphatic rings. The van der Waals surface area contributed by atoms with Crippen molar-refractivity contribution in [1.82, 2.24) is 15.5 Å². The van der Waals surface area contributed by atoms with Crippen LogP contribution < -0.4 is 10.2 Å². The van der Waals surface area contributed by atoms with Gasteiger partial charge in [0.05, 0.1) is 25.8 Å². The number of aromatic nitrogens is 2. The molecule has 1 saturated heterocycles. The normalized spacial score (nSPS) is 20.7. The molecule has 0 spiro atoms. The van der Waals surface area contributed by atoms with E-state index in [1.807, 2.05) is 42.5 Å². The van der Waals surface area contributed by atoms with Crippen molar-refractivity contribution in [1.29, 1.82) is 0 Å². The molecular formula is C33H32Cl2N4O3S. The van der Waals surface area contributed by atoms with E-state index in [1.54, 1.807) is 17.4 Å². The molecule has 0 amide bonds. The van der Waals surface area contributed by atoms with Gasteiger partial charge in [-0.15, -0.1) is 0 Å². The Hall–Kier alpha value is -3.17. The predicted molar refractivity (Wildman–Crippen MR) is 174 cm³/mol. The van der Waals surface area contributed by atoms with E-state index in [1.165, 1.54) is 0 Å². The minimum Gasteiger partial charge on any atom is -0.478 e. The number of hydrogen-bond donors (Lipinski definition) is 2. The van der Waals surface area contributed by atoms with E-state index in [0.29, 0.717) is 34.1 Å². The molecule has 10 heteroatoms. The molecule has 1 aliphatic heterocycles. The minimum atomic E-state index is -0.919. The van der Waals surface area contributed by atoms with Gasteiger partial charge in [-0.1, -0.05) is 77.0 Å². The summed E-state index contributed by atoms with van der Waals surface area (Å²) in [5, 5.41) is 21.9. The average Bonchev–Trinajstić information content (AvgIpc) is 3.61. The molecule has 1 aliphatic carbocycles. The number of hydrogen-bond acceptors (Lipinski definition) is 7. The number of nitrogens with zero attached hydrogens (tertiary/aromatic N) is 3. The van der Waals surface area contributed by atoms with Gasteiger partial charge in [-0.2, -0.15) is 0 Å². The summed E-state index contributed by atoms with van der Waals surface area (Å²) in [5.41, 5.74) is 3.69. The summed E-state index contributed by atoms with van der Waals surface area (Å²) in [6.07, 6.45) is 5.10. The lowest BCUT2D eigenvalue weighted by Crippen LogP contribution is -2.53. The fourth-order valence-corrected chi connectivity index (χ4v) is 8.43. The lowest BCUT2D eigenvalue weighted by molar-refractivity contribution is 0.0699. The van der Waals surface area contributed by atoms with E-state index in [-0.39, 0.29) is 12.1 Å². The van der Waals surface area contributed by atoms with Crippen molar-refractivity contribution in [3.8, 4) is 11.3 Å². The van der Waals surface area contributed by atoms with Gasteiger partial charge < -0.3 is 19.8 Å². The first-order valence-corrected chi connectivity index (χ1v) is 16.4. The molecule has 1 saturated carbocycles. The summed E-state index contributed by atoms with van der Waals surface area (Å²) in [5.74, 6) is 0.427. The van der Waals surface area contributed by atoms with Gasteiger partial charge in [0, 0.05) is 47.1 Å². The Morgan fingerprint density at radius 2 is 1.86 bits per heavy atom. The van der Waals surface area contributed by atoms with Crippen LogP contribution in [-0.4, -0.2) is 39.3 Å². The smallest absolute Gasteiger partial charge is 0.336 e. The van der Waals surface area contributed by atoms with Crippen molar-refractivity contribution in [2.75, 3.05) is 4.90 Å². The lowest BCUT2D eigenvalue weighted by atomic mass is 9.90. The zero-order chi connectivity index (χ0) is 29.8. The molecule has 222 valence electrons. The molecule has 43 heavy (non-hydrogen) atoms. The second-order valence-corrected chi connectivity index (χ2v) is 13.6. The van der Waals surface area contributed by atoms with E-state index >= 15 is 0 Å². The van der Waals surface area contributed by atoms with Crippen LogP contribution in [0.5, 0.6) is 0 Å². The summed E-state index contributed by atoms with van der Waals surface area (Å²) >= 11 is 14.7. The molecule has 2 N–H and O–H groups in total. The van der Waals surface area contributed by atoms with E-state index in [2.05, 4.69) is 29.2 Å². The Kier molecular flexibility index (Phi) is 7.58. The van der Waals surface area contributed by atoms with Crippen LogP contribution in [0.3, 0.4) is 0 Å². The quantitative estimate of drug-likeness (QED) is 0.176. The first kappa shape index (κ1) is 28.6. The molecule has 7 nitrogen and oxygen atoms in total. The van der Waals surface area contributed by atoms with Crippen molar-refractivity contribution in [2.45, 2.75) is 76.5 Å². The molecule has 0 bridgehead atoms. The van der Waals surface area contributed by atoms with Crippen LogP contribution in [0.4, 0.5) is 5.13 Å². The SMILES string of the molecule is CCC1CC(NCc2c(-c3c(Cl)cccc3Cl)noc2C2CC2)CC(C)N1c1nc2c(cc(C(=O)O)c3ccccc32)s1. The third-order valence-electron chi connectivity index (χ3n) is 8.90. The van der Waals surface area contributed by atoms with Crippen LogP contribution in [-0.2, 0) is 6.54 Å². The summed E-state index contributed by atoms with van der Waals surface area (Å²) in [6.45, 7) is 5.11. The molecule has 3 heterocycles. The third kappa shape index (κ3) is 5.18. The fraction of sp³-hybridized carbons (Fsp3) is 0.364. The number of benzene rings is 3. The molecule has 7 rings (SSSR count). The number of piperidine rings is 1. The summed E-state index contributed by atoms with van der Waals surface area (Å²) in [7, 11) is 0. The molecule has 3 aromatic carbocycles. The van der Waals surface area contributed by atoms with Crippen LogP contribution in [0.25, 0.3) is 32.2 Å². The van der Waals surface area contributed by atoms with Gasteiger partial charge in [0.15, 0.2) is 5.13 Å². The Morgan fingerprint density at radius 3 is 2.56 bits per heavy atom. The van der Waals surface area contributed by atoms with Gasteiger partial charge in [0.25, 0.3) is 0 Å². The first-order chi connectivity index (χ1) is 20.8. The Balaban J connectivity index is 1.15. The van der Waals surface area contributed by atoms with Crippen LogP contribution in [0.15, 0.2) is 53.1 Å². The average molecular weight is 636 g/mol. The topological polar surface area (TPSA) is 91.5 Å². The molecule has 0 radical (unpaired) electrons. The number of carbonyl (C=O) groups is 1. The van der Waals surface area contributed by atoms with Crippen LogP contribution in [0.2, 0.25) is 10.0 Å². The lowest BCUT2D eigenvalue weighted by Gasteiger charge is -2.44. The standard InChI is InChI=1S/C33H32Cl2N4O3S/c1-3-20-14-19(36-16-24-30(38-42-31(24)18-11-12-18)28-25(34)9-6-10-26(28)35)13-17(2)39(20)33-37-29-22-8-5-4-7-21(22)23(32(40)41)15-27(29)43-33/h4-10,15,17-20,36H,3,11-14,16H2,1-2H3,(H,40,41). The summed E-state index contributed by atoms with van der Waals surface area (Å²) < 4.78 is 6.79. The molecule has 3 atom stereocenters. The van der Waals surface area contributed by atoms with Gasteiger partial charge in [-0.25, -0.2) is 9.78 Å². The maximum atomic E-state index is 12.0. The number of rotatable bonds is 8. The molecule has 2 aromatic heterocycles. The second-order valence-electron chi connectivity index (χ2n) is 11.7. The van der Waals surface area contributed by atoms with E-state index in [9.17, 15) is 9.90 Å². The maximum Gasteiger partial charge on any atom is 0.336 e. The number of carboxylic acid groups (broad SMARTS) is 1. The van der Waals surface area contributed by atoms with E-state index in [0.717, 1.165) is 80.8 Å². The van der Waals surface area contributed by atoms with Crippen molar-refractivity contribution >= 4 is 66.6 Å². The summed E-state index contributed by atoms with van der Waals surface area (Å²) in [4.78, 5) is 19.6.